The van der Waals surface area contributed by atoms with E-state index in [2.05, 4.69) is 20.4 Å². The van der Waals surface area contributed by atoms with Gasteiger partial charge in [-0.3, -0.25) is 0 Å². The average Bonchev–Trinajstić information content (AvgIpc) is 2.77. The van der Waals surface area contributed by atoms with Gasteiger partial charge in [0.2, 0.25) is 11.7 Å². The summed E-state index contributed by atoms with van der Waals surface area (Å²) < 4.78 is 5.14. The predicted octanol–water partition coefficient (Wildman–Crippen LogP) is 2.59. The smallest absolute Gasteiger partial charge is 0.228 e. The second kappa shape index (κ2) is 5.65. The Morgan fingerprint density at radius 2 is 2.22 bits per heavy atom. The van der Waals surface area contributed by atoms with Crippen molar-refractivity contribution >= 4 is 23.2 Å². The first-order chi connectivity index (χ1) is 8.60. The molecular weight excluding hydrogens is 275 g/mol. The van der Waals surface area contributed by atoms with Crippen LogP contribution in [0.1, 0.15) is 12.8 Å². The van der Waals surface area contributed by atoms with E-state index in [1.54, 1.807) is 6.07 Å². The fourth-order valence-corrected chi connectivity index (χ4v) is 1.84. The van der Waals surface area contributed by atoms with Gasteiger partial charge in [0, 0.05) is 18.7 Å². The zero-order valence-electron chi connectivity index (χ0n) is 9.94. The molecule has 0 amide bonds. The summed E-state index contributed by atoms with van der Waals surface area (Å²) in [6.07, 6.45) is 2.14. The molecule has 1 atom stereocenters. The molecule has 7 heteroatoms. The minimum absolute atomic E-state index is 0.256. The molecule has 0 saturated carbocycles. The molecule has 2 aromatic heterocycles. The number of rotatable bonds is 4. The van der Waals surface area contributed by atoms with Crippen molar-refractivity contribution < 1.29 is 4.52 Å². The first-order valence-corrected chi connectivity index (χ1v) is 6.17. The Labute approximate surface area is 115 Å². The van der Waals surface area contributed by atoms with E-state index in [0.717, 1.165) is 0 Å². The lowest BCUT2D eigenvalue weighted by molar-refractivity contribution is 0.365. The van der Waals surface area contributed by atoms with Crippen molar-refractivity contribution in [1.29, 1.82) is 0 Å². The van der Waals surface area contributed by atoms with Gasteiger partial charge in [-0.25, -0.2) is 4.98 Å². The van der Waals surface area contributed by atoms with Crippen molar-refractivity contribution in [2.24, 2.45) is 0 Å². The van der Waals surface area contributed by atoms with Gasteiger partial charge in [0.1, 0.15) is 5.69 Å². The molecule has 1 unspecified atom stereocenters. The fourth-order valence-electron chi connectivity index (χ4n) is 1.38. The summed E-state index contributed by atoms with van der Waals surface area (Å²) in [6, 6.07) is 1.85. The highest BCUT2D eigenvalue weighted by Gasteiger charge is 2.14. The molecule has 0 fully saturated rings. The van der Waals surface area contributed by atoms with E-state index in [9.17, 15) is 0 Å². The number of nitrogens with zero attached hydrogens (tertiary/aromatic N) is 3. The zero-order chi connectivity index (χ0) is 13.1. The Morgan fingerprint density at radius 1 is 1.44 bits per heavy atom. The molecule has 0 aromatic carbocycles. The van der Waals surface area contributed by atoms with Crippen molar-refractivity contribution in [3.8, 4) is 11.5 Å². The lowest BCUT2D eigenvalue weighted by atomic mass is 10.2. The number of aromatic nitrogens is 3. The molecule has 0 radical (unpaired) electrons. The van der Waals surface area contributed by atoms with Crippen molar-refractivity contribution in [3.05, 3.63) is 28.2 Å². The van der Waals surface area contributed by atoms with Crippen LogP contribution < -0.4 is 5.32 Å². The number of hydrogen-bond acceptors (Lipinski definition) is 5. The molecule has 2 heterocycles. The monoisotopic (exact) mass is 286 g/mol. The second-order valence-electron chi connectivity index (χ2n) is 3.89. The summed E-state index contributed by atoms with van der Waals surface area (Å²) >= 11 is 11.8. The molecule has 2 rings (SSSR count). The van der Waals surface area contributed by atoms with E-state index in [0.29, 0.717) is 33.9 Å². The lowest BCUT2D eigenvalue weighted by Crippen LogP contribution is -2.23. The Bertz CT molecular complexity index is 544. The quantitative estimate of drug-likeness (QED) is 0.936. The maximum Gasteiger partial charge on any atom is 0.228 e. The average molecular weight is 287 g/mol. The van der Waals surface area contributed by atoms with Crippen LogP contribution in [0.3, 0.4) is 0 Å². The summed E-state index contributed by atoms with van der Waals surface area (Å²) in [4.78, 5) is 8.35. The molecule has 96 valence electrons. The van der Waals surface area contributed by atoms with Crippen LogP contribution in [0, 0.1) is 0 Å². The van der Waals surface area contributed by atoms with E-state index in [-0.39, 0.29) is 6.04 Å². The topological polar surface area (TPSA) is 63.8 Å². The molecule has 0 aliphatic rings. The third-order valence-corrected chi connectivity index (χ3v) is 2.96. The molecule has 2 aromatic rings. The lowest BCUT2D eigenvalue weighted by Gasteiger charge is -2.04. The molecule has 0 saturated heterocycles. The van der Waals surface area contributed by atoms with Crippen molar-refractivity contribution in [2.45, 2.75) is 19.4 Å². The summed E-state index contributed by atoms with van der Waals surface area (Å²) in [5, 5.41) is 7.82. The van der Waals surface area contributed by atoms with Crippen molar-refractivity contribution in [1.82, 2.24) is 20.4 Å². The Hall–Kier alpha value is -1.17. The van der Waals surface area contributed by atoms with E-state index in [1.807, 2.05) is 14.0 Å². The number of hydrogen-bond donors (Lipinski definition) is 1. The highest BCUT2D eigenvalue weighted by molar-refractivity contribution is 6.35. The SMILES string of the molecule is CNC(C)Cc1nc(-c2ncc(Cl)cc2Cl)no1. The number of likely N-dealkylation sites (N-methyl/N-ethyl adjacent to an activating group) is 1. The van der Waals surface area contributed by atoms with Crippen LogP contribution in [0.15, 0.2) is 16.8 Å². The Morgan fingerprint density at radius 3 is 2.89 bits per heavy atom. The predicted molar refractivity (Wildman–Crippen MR) is 69.8 cm³/mol. The molecule has 0 aliphatic heterocycles. The van der Waals surface area contributed by atoms with Crippen molar-refractivity contribution in [2.75, 3.05) is 7.05 Å². The van der Waals surface area contributed by atoms with Gasteiger partial charge in [-0.05, 0) is 20.0 Å². The second-order valence-corrected chi connectivity index (χ2v) is 4.73. The highest BCUT2D eigenvalue weighted by Crippen LogP contribution is 2.25. The Balaban J connectivity index is 2.24. The highest BCUT2D eigenvalue weighted by atomic mass is 35.5. The molecule has 0 spiro atoms. The van der Waals surface area contributed by atoms with Crippen LogP contribution in [0.4, 0.5) is 0 Å². The largest absolute Gasteiger partial charge is 0.339 e. The van der Waals surface area contributed by atoms with Gasteiger partial charge in [0.25, 0.3) is 0 Å². The number of pyridine rings is 1. The normalized spacial score (nSPS) is 12.7. The van der Waals surface area contributed by atoms with Crippen LogP contribution in [0.5, 0.6) is 0 Å². The molecular formula is C11H12Cl2N4O. The third-order valence-electron chi connectivity index (χ3n) is 2.46. The maximum absolute atomic E-state index is 6.03. The van der Waals surface area contributed by atoms with Gasteiger partial charge in [0.15, 0.2) is 0 Å². The van der Waals surface area contributed by atoms with Crippen molar-refractivity contribution in [3.63, 3.8) is 0 Å². The molecule has 5 nitrogen and oxygen atoms in total. The molecule has 0 aliphatic carbocycles. The van der Waals surface area contributed by atoms with Gasteiger partial charge < -0.3 is 9.84 Å². The summed E-state index contributed by atoms with van der Waals surface area (Å²) in [6.45, 7) is 2.03. The molecule has 1 N–H and O–H groups in total. The summed E-state index contributed by atoms with van der Waals surface area (Å²) in [5.41, 5.74) is 0.466. The number of nitrogens with one attached hydrogen (secondary N) is 1. The van der Waals surface area contributed by atoms with Crippen LogP contribution >= 0.6 is 23.2 Å². The maximum atomic E-state index is 6.03. The van der Waals surface area contributed by atoms with E-state index >= 15 is 0 Å². The van der Waals surface area contributed by atoms with Crippen LogP contribution in [0.25, 0.3) is 11.5 Å². The first kappa shape index (κ1) is 13.3. The van der Waals surface area contributed by atoms with E-state index < -0.39 is 0 Å². The van der Waals surface area contributed by atoms with Gasteiger partial charge in [0.05, 0.1) is 10.0 Å². The van der Waals surface area contributed by atoms with Gasteiger partial charge in [-0.1, -0.05) is 28.4 Å². The minimum atomic E-state index is 0.256. The van der Waals surface area contributed by atoms with Gasteiger partial charge in [-0.15, -0.1) is 0 Å². The van der Waals surface area contributed by atoms with Crippen LogP contribution in [-0.2, 0) is 6.42 Å². The minimum Gasteiger partial charge on any atom is -0.339 e. The molecule has 18 heavy (non-hydrogen) atoms. The van der Waals surface area contributed by atoms with E-state index in [4.69, 9.17) is 27.7 Å². The molecule has 0 bridgehead atoms. The standard InChI is InChI=1S/C11H12Cl2N4O/c1-6(14-2)3-9-16-11(17-18-9)10-8(13)4-7(12)5-15-10/h4-6,14H,3H2,1-2H3. The number of halogens is 2. The van der Waals surface area contributed by atoms with E-state index in [1.165, 1.54) is 6.20 Å². The Kier molecular flexibility index (Phi) is 4.16. The fraction of sp³-hybridized carbons (Fsp3) is 0.364. The van der Waals surface area contributed by atoms with Crippen LogP contribution in [-0.4, -0.2) is 28.2 Å². The zero-order valence-corrected chi connectivity index (χ0v) is 11.5. The van der Waals surface area contributed by atoms with Crippen LogP contribution in [0.2, 0.25) is 10.0 Å². The summed E-state index contributed by atoms with van der Waals surface area (Å²) in [7, 11) is 1.87. The van der Waals surface area contributed by atoms with Gasteiger partial charge in [-0.2, -0.15) is 4.98 Å². The first-order valence-electron chi connectivity index (χ1n) is 5.41. The van der Waals surface area contributed by atoms with Gasteiger partial charge >= 0.3 is 0 Å². The third kappa shape index (κ3) is 2.98. The summed E-state index contributed by atoms with van der Waals surface area (Å²) in [5.74, 6) is 0.912.